The van der Waals surface area contributed by atoms with Crippen LogP contribution in [0.15, 0.2) is 18.2 Å². The average molecular weight is 186 g/mol. The van der Waals surface area contributed by atoms with Crippen LogP contribution < -0.4 is 4.74 Å². The number of nitriles is 1. The van der Waals surface area contributed by atoms with E-state index >= 15 is 0 Å². The van der Waals surface area contributed by atoms with Gasteiger partial charge in [-0.15, -0.1) is 13.2 Å². The molecule has 0 saturated carbocycles. The Kier molecular flexibility index (Phi) is 2.42. The predicted octanol–water partition coefficient (Wildman–Crippen LogP) is 2.26. The Hall–Kier alpha value is -1.70. The van der Waals surface area contributed by atoms with Gasteiger partial charge in [0.05, 0.1) is 11.6 Å². The van der Waals surface area contributed by atoms with Crippen LogP contribution >= 0.6 is 0 Å². The topological polar surface area (TPSA) is 33.0 Å². The van der Waals surface area contributed by atoms with Gasteiger partial charge in [-0.3, -0.25) is 0 Å². The molecule has 0 aliphatic rings. The molecule has 0 atom stereocenters. The van der Waals surface area contributed by atoms with Gasteiger partial charge in [-0.2, -0.15) is 5.26 Å². The molecule has 0 saturated heterocycles. The van der Waals surface area contributed by atoms with E-state index in [4.69, 9.17) is 5.26 Å². The van der Waals surface area contributed by atoms with Gasteiger partial charge in [-0.05, 0) is 24.3 Å². The molecule has 0 spiro atoms. The molecular formula is C8H3F3NO. The molecule has 1 aromatic rings. The largest absolute Gasteiger partial charge is 0.573 e. The summed E-state index contributed by atoms with van der Waals surface area (Å²) in [6.45, 7) is 0. The number of benzene rings is 1. The second kappa shape index (κ2) is 3.35. The first-order chi connectivity index (χ1) is 6.01. The van der Waals surface area contributed by atoms with E-state index in [9.17, 15) is 13.2 Å². The minimum absolute atomic E-state index is 0.0711. The standard InChI is InChI=1S/C8H3F3NO/c9-8(10,11)13-7-3-1-2-6(4-7)5-12/h2-4H. The van der Waals surface area contributed by atoms with Crippen molar-refractivity contribution < 1.29 is 17.9 Å². The zero-order valence-electron chi connectivity index (χ0n) is 6.22. The van der Waals surface area contributed by atoms with E-state index in [1.165, 1.54) is 6.07 Å². The Morgan fingerprint density at radius 1 is 1.38 bits per heavy atom. The van der Waals surface area contributed by atoms with Crippen molar-refractivity contribution in [1.82, 2.24) is 0 Å². The fourth-order valence-corrected chi connectivity index (χ4v) is 0.707. The highest BCUT2D eigenvalue weighted by atomic mass is 19.4. The summed E-state index contributed by atoms with van der Waals surface area (Å²) >= 11 is 0. The van der Waals surface area contributed by atoms with Gasteiger partial charge in [0, 0.05) is 0 Å². The highest BCUT2D eigenvalue weighted by Gasteiger charge is 2.31. The van der Waals surface area contributed by atoms with Gasteiger partial charge in [0.25, 0.3) is 0 Å². The molecule has 2 nitrogen and oxygen atoms in total. The van der Waals surface area contributed by atoms with Crippen LogP contribution in [0.1, 0.15) is 5.56 Å². The molecule has 0 aliphatic heterocycles. The van der Waals surface area contributed by atoms with Gasteiger partial charge in [-0.1, -0.05) is 0 Å². The Morgan fingerprint density at radius 2 is 2.08 bits per heavy atom. The lowest BCUT2D eigenvalue weighted by Gasteiger charge is -2.07. The summed E-state index contributed by atoms with van der Waals surface area (Å²) in [6, 6.07) is 7.30. The van der Waals surface area contributed by atoms with E-state index < -0.39 is 12.1 Å². The van der Waals surface area contributed by atoms with Gasteiger partial charge < -0.3 is 4.74 Å². The fraction of sp³-hybridized carbons (Fsp3) is 0.125. The zero-order valence-corrected chi connectivity index (χ0v) is 6.22. The van der Waals surface area contributed by atoms with Crippen LogP contribution in [-0.4, -0.2) is 6.36 Å². The van der Waals surface area contributed by atoms with Crippen molar-refractivity contribution in [2.75, 3.05) is 0 Å². The van der Waals surface area contributed by atoms with Crippen LogP contribution in [-0.2, 0) is 0 Å². The minimum Gasteiger partial charge on any atom is -0.406 e. The first-order valence-corrected chi connectivity index (χ1v) is 3.18. The summed E-state index contributed by atoms with van der Waals surface area (Å²) in [4.78, 5) is 0. The number of nitrogens with zero attached hydrogens (tertiary/aromatic N) is 1. The normalized spacial score (nSPS) is 10.6. The summed E-state index contributed by atoms with van der Waals surface area (Å²) in [5.74, 6) is -0.438. The molecule has 1 aromatic carbocycles. The highest BCUT2D eigenvalue weighted by molar-refractivity contribution is 5.35. The number of hydrogen-bond acceptors (Lipinski definition) is 2. The van der Waals surface area contributed by atoms with E-state index in [1.807, 2.05) is 0 Å². The van der Waals surface area contributed by atoms with Crippen LogP contribution in [0.5, 0.6) is 5.75 Å². The van der Waals surface area contributed by atoms with Gasteiger partial charge in [0.2, 0.25) is 0 Å². The Balaban J connectivity index is 2.86. The monoisotopic (exact) mass is 186 g/mol. The number of hydrogen-bond donors (Lipinski definition) is 0. The molecule has 0 aliphatic carbocycles. The van der Waals surface area contributed by atoms with Crippen molar-refractivity contribution in [2.45, 2.75) is 6.36 Å². The van der Waals surface area contributed by atoms with Gasteiger partial charge in [0.1, 0.15) is 5.75 Å². The van der Waals surface area contributed by atoms with Crippen LogP contribution in [0, 0.1) is 17.4 Å². The van der Waals surface area contributed by atoms with Gasteiger partial charge >= 0.3 is 6.36 Å². The van der Waals surface area contributed by atoms with Crippen molar-refractivity contribution >= 4 is 0 Å². The van der Waals surface area contributed by atoms with Crippen molar-refractivity contribution in [3.05, 3.63) is 29.8 Å². The summed E-state index contributed by atoms with van der Waals surface area (Å²) in [6.07, 6.45) is -4.73. The lowest BCUT2D eigenvalue weighted by molar-refractivity contribution is -0.274. The summed E-state index contributed by atoms with van der Waals surface area (Å²) in [7, 11) is 0. The Morgan fingerprint density at radius 3 is 2.62 bits per heavy atom. The number of ether oxygens (including phenoxy) is 1. The predicted molar refractivity (Wildman–Crippen MR) is 36.7 cm³/mol. The molecule has 1 rings (SSSR count). The van der Waals surface area contributed by atoms with Crippen molar-refractivity contribution in [2.24, 2.45) is 0 Å². The van der Waals surface area contributed by atoms with Crippen molar-refractivity contribution in [3.8, 4) is 11.8 Å². The van der Waals surface area contributed by atoms with Crippen LogP contribution in [0.2, 0.25) is 0 Å². The molecule has 67 valence electrons. The van der Waals surface area contributed by atoms with Gasteiger partial charge in [-0.25, -0.2) is 0 Å². The Labute approximate surface area is 72.2 Å². The third-order valence-electron chi connectivity index (χ3n) is 1.12. The third-order valence-corrected chi connectivity index (χ3v) is 1.12. The smallest absolute Gasteiger partial charge is 0.406 e. The maximum Gasteiger partial charge on any atom is 0.573 e. The molecular weight excluding hydrogens is 183 g/mol. The molecule has 1 radical (unpaired) electrons. The number of alkyl halides is 3. The van der Waals surface area contributed by atoms with Crippen LogP contribution in [0.25, 0.3) is 0 Å². The number of halogens is 3. The minimum atomic E-state index is -4.73. The maximum absolute atomic E-state index is 11.7. The Bertz CT molecular complexity index is 340. The van der Waals surface area contributed by atoms with E-state index in [2.05, 4.69) is 10.8 Å². The van der Waals surface area contributed by atoms with E-state index in [0.717, 1.165) is 12.1 Å². The fourth-order valence-electron chi connectivity index (χ4n) is 0.707. The second-order valence-corrected chi connectivity index (χ2v) is 2.12. The van der Waals surface area contributed by atoms with Gasteiger partial charge in [0.15, 0.2) is 0 Å². The molecule has 13 heavy (non-hydrogen) atoms. The van der Waals surface area contributed by atoms with E-state index in [1.54, 1.807) is 6.07 Å². The zero-order chi connectivity index (χ0) is 9.90. The van der Waals surface area contributed by atoms with E-state index in [-0.39, 0.29) is 5.56 Å². The first kappa shape index (κ1) is 9.39. The van der Waals surface area contributed by atoms with Crippen molar-refractivity contribution in [1.29, 1.82) is 5.26 Å². The maximum atomic E-state index is 11.7. The molecule has 0 aromatic heterocycles. The lowest BCUT2D eigenvalue weighted by Crippen LogP contribution is -2.17. The molecule has 0 fully saturated rings. The third kappa shape index (κ3) is 3.03. The lowest BCUT2D eigenvalue weighted by atomic mass is 10.2. The summed E-state index contributed by atoms with van der Waals surface area (Å²) in [5, 5.41) is 8.35. The second-order valence-electron chi connectivity index (χ2n) is 2.12. The average Bonchev–Trinajstić information content (AvgIpc) is 2.01. The number of rotatable bonds is 1. The van der Waals surface area contributed by atoms with Crippen LogP contribution in [0.3, 0.4) is 0 Å². The van der Waals surface area contributed by atoms with Crippen molar-refractivity contribution in [3.63, 3.8) is 0 Å². The summed E-state index contributed by atoms with van der Waals surface area (Å²) < 4.78 is 38.5. The SMILES string of the molecule is N#Cc1c[c]cc(OC(F)(F)F)c1. The van der Waals surface area contributed by atoms with Crippen LogP contribution in [0.4, 0.5) is 13.2 Å². The first-order valence-electron chi connectivity index (χ1n) is 3.18. The molecule has 0 N–H and O–H groups in total. The van der Waals surface area contributed by atoms with E-state index in [0.29, 0.717) is 0 Å². The molecule has 0 bridgehead atoms. The molecule has 5 heteroatoms. The molecule has 0 unspecified atom stereocenters. The quantitative estimate of drug-likeness (QED) is 0.673. The molecule has 0 amide bonds. The molecule has 0 heterocycles. The summed E-state index contributed by atoms with van der Waals surface area (Å²) in [5.41, 5.74) is 0.0711. The highest BCUT2D eigenvalue weighted by Crippen LogP contribution is 2.22.